The lowest BCUT2D eigenvalue weighted by Gasteiger charge is -2.45. The molecule has 0 aromatic carbocycles. The second-order valence-corrected chi connectivity index (χ2v) is 11.8. The molecule has 0 heterocycles. The summed E-state index contributed by atoms with van der Waals surface area (Å²) in [5.41, 5.74) is -6.37. The molecule has 4 atom stereocenters. The average molecular weight is 603 g/mol. The Balaban J connectivity index is 5.72. The maximum atomic E-state index is 13.5. The van der Waals surface area contributed by atoms with Gasteiger partial charge in [0.15, 0.2) is 22.8 Å². The summed E-state index contributed by atoms with van der Waals surface area (Å²) in [6.45, 7) is 4.31. The van der Waals surface area contributed by atoms with Crippen LogP contribution < -0.4 is 0 Å². The fraction of sp³-hybridized carbons (Fsp3) is 0.909. The van der Waals surface area contributed by atoms with Crippen LogP contribution in [0.15, 0.2) is 0 Å². The Morgan fingerprint density at radius 2 is 0.881 bits per heavy atom. The van der Waals surface area contributed by atoms with Crippen molar-refractivity contribution in [2.45, 2.75) is 179 Å². The van der Waals surface area contributed by atoms with Crippen molar-refractivity contribution in [2.75, 3.05) is 13.2 Å². The molecule has 248 valence electrons. The van der Waals surface area contributed by atoms with E-state index in [0.717, 1.165) is 83.5 Å². The fourth-order valence-corrected chi connectivity index (χ4v) is 5.36. The van der Waals surface area contributed by atoms with Gasteiger partial charge in [-0.3, -0.25) is 14.4 Å². The van der Waals surface area contributed by atoms with Gasteiger partial charge < -0.3 is 30.3 Å². The van der Waals surface area contributed by atoms with Crippen molar-refractivity contribution in [1.29, 1.82) is 0 Å². The molecule has 0 unspecified atom stereocenters. The third kappa shape index (κ3) is 13.9. The van der Waals surface area contributed by atoms with E-state index in [-0.39, 0.29) is 19.3 Å². The van der Waals surface area contributed by atoms with Crippen molar-refractivity contribution in [3.8, 4) is 0 Å². The van der Waals surface area contributed by atoms with E-state index in [0.29, 0.717) is 32.1 Å². The third-order valence-electron chi connectivity index (χ3n) is 8.22. The zero-order valence-corrected chi connectivity index (χ0v) is 26.8. The fourth-order valence-electron chi connectivity index (χ4n) is 5.36. The van der Waals surface area contributed by atoms with Crippen molar-refractivity contribution >= 4 is 17.5 Å². The van der Waals surface area contributed by atoms with Crippen molar-refractivity contribution < 1.29 is 44.7 Å². The van der Waals surface area contributed by atoms with Crippen molar-refractivity contribution in [2.24, 2.45) is 0 Å². The summed E-state index contributed by atoms with van der Waals surface area (Å²) < 4.78 is 5.15. The largest absolute Gasteiger partial charge is 0.463 e. The Morgan fingerprint density at radius 1 is 0.548 bits per heavy atom. The van der Waals surface area contributed by atoms with Gasteiger partial charge in [0.1, 0.15) is 18.8 Å². The number of aliphatic hydroxyl groups excluding tert-OH is 3. The van der Waals surface area contributed by atoms with Gasteiger partial charge in [0.2, 0.25) is 0 Å². The van der Waals surface area contributed by atoms with E-state index in [9.17, 15) is 39.9 Å². The first-order valence-electron chi connectivity index (χ1n) is 16.7. The molecule has 0 aliphatic heterocycles. The quantitative estimate of drug-likeness (QED) is 0.0579. The van der Waals surface area contributed by atoms with Gasteiger partial charge in [0.25, 0.3) is 0 Å². The lowest BCUT2D eigenvalue weighted by Crippen LogP contribution is -2.75. The van der Waals surface area contributed by atoms with E-state index in [4.69, 9.17) is 4.74 Å². The number of rotatable bonds is 29. The summed E-state index contributed by atoms with van der Waals surface area (Å²) >= 11 is 0. The lowest BCUT2D eigenvalue weighted by atomic mass is 9.68. The van der Waals surface area contributed by atoms with Crippen LogP contribution in [0.5, 0.6) is 0 Å². The van der Waals surface area contributed by atoms with Gasteiger partial charge in [-0.25, -0.2) is 0 Å². The van der Waals surface area contributed by atoms with E-state index in [2.05, 4.69) is 20.8 Å². The van der Waals surface area contributed by atoms with Crippen LogP contribution in [0.25, 0.3) is 0 Å². The first kappa shape index (κ1) is 40.6. The van der Waals surface area contributed by atoms with E-state index in [1.54, 1.807) is 0 Å². The van der Waals surface area contributed by atoms with Gasteiger partial charge in [0, 0.05) is 19.3 Å². The molecule has 5 N–H and O–H groups in total. The zero-order chi connectivity index (χ0) is 31.9. The number of unbranched alkanes of at least 4 members (excludes halogenated alkanes) is 15. The first-order chi connectivity index (χ1) is 20.1. The van der Waals surface area contributed by atoms with Crippen LogP contribution in [0.3, 0.4) is 0 Å². The minimum Gasteiger partial charge on any atom is -0.463 e. The molecule has 0 aromatic heterocycles. The Bertz CT molecular complexity index is 728. The maximum absolute atomic E-state index is 13.5. The van der Waals surface area contributed by atoms with Crippen LogP contribution in [0.2, 0.25) is 0 Å². The molecule has 0 radical (unpaired) electrons. The van der Waals surface area contributed by atoms with E-state index < -0.39 is 54.2 Å². The van der Waals surface area contributed by atoms with Crippen LogP contribution >= 0.6 is 0 Å². The second-order valence-electron chi connectivity index (χ2n) is 11.8. The molecule has 0 saturated heterocycles. The van der Waals surface area contributed by atoms with Crippen LogP contribution in [0.4, 0.5) is 0 Å². The molecule has 0 rings (SSSR count). The number of carbonyl (C=O) groups excluding carboxylic acids is 3. The van der Waals surface area contributed by atoms with Crippen molar-refractivity contribution in [1.82, 2.24) is 0 Å². The molecule has 0 fully saturated rings. The molecule has 0 aliphatic rings. The number of esters is 1. The van der Waals surface area contributed by atoms with Crippen molar-refractivity contribution in [3.63, 3.8) is 0 Å². The van der Waals surface area contributed by atoms with Crippen LogP contribution in [-0.2, 0) is 19.1 Å². The van der Waals surface area contributed by atoms with Crippen LogP contribution in [0, 0.1) is 0 Å². The highest BCUT2D eigenvalue weighted by molar-refractivity contribution is 6.00. The van der Waals surface area contributed by atoms with E-state index in [1.807, 2.05) is 0 Å². The Morgan fingerprint density at radius 3 is 1.26 bits per heavy atom. The summed E-state index contributed by atoms with van der Waals surface area (Å²) in [7, 11) is 0. The lowest BCUT2D eigenvalue weighted by molar-refractivity contribution is -0.237. The topological polar surface area (TPSA) is 162 Å². The van der Waals surface area contributed by atoms with Gasteiger partial charge in [-0.1, -0.05) is 117 Å². The number of ether oxygens (including phenoxy) is 1. The minimum absolute atomic E-state index is 0.0868. The third-order valence-corrected chi connectivity index (χ3v) is 8.22. The zero-order valence-electron chi connectivity index (χ0n) is 26.8. The molecule has 9 nitrogen and oxygen atoms in total. The highest BCUT2D eigenvalue weighted by atomic mass is 16.5. The van der Waals surface area contributed by atoms with Crippen LogP contribution in [-0.4, -0.2) is 79.7 Å². The van der Waals surface area contributed by atoms with Gasteiger partial charge in [0.05, 0.1) is 6.61 Å². The van der Waals surface area contributed by atoms with Crippen LogP contribution in [0.1, 0.15) is 156 Å². The van der Waals surface area contributed by atoms with Gasteiger partial charge in [-0.2, -0.15) is 0 Å². The number of ketones is 2. The SMILES string of the molecule is CCCCCCCCC(=O)OC[C@@H](O)[C@](O)(C(=O)CCCCCCCC)[C@@](O)(C(=O)CCCCCCCC)[C@@H](O)CO. The summed E-state index contributed by atoms with van der Waals surface area (Å²) in [6, 6.07) is 0. The summed E-state index contributed by atoms with van der Waals surface area (Å²) in [5, 5.41) is 54.8. The maximum Gasteiger partial charge on any atom is 0.305 e. The highest BCUT2D eigenvalue weighted by Gasteiger charge is 2.65. The molecular formula is C33H62O9. The molecule has 0 aromatic rings. The second kappa shape index (κ2) is 24.0. The van der Waals surface area contributed by atoms with Gasteiger partial charge >= 0.3 is 5.97 Å². The molecule has 0 bridgehead atoms. The number of hydrogen-bond donors (Lipinski definition) is 5. The number of Topliss-reactive ketones (excluding diaryl/α,β-unsaturated/α-hetero) is 2. The Hall–Kier alpha value is -1.39. The molecular weight excluding hydrogens is 540 g/mol. The van der Waals surface area contributed by atoms with E-state index >= 15 is 0 Å². The summed E-state index contributed by atoms with van der Waals surface area (Å²) in [4.78, 5) is 39.2. The van der Waals surface area contributed by atoms with Crippen molar-refractivity contribution in [3.05, 3.63) is 0 Å². The monoisotopic (exact) mass is 602 g/mol. The molecule has 0 saturated carbocycles. The molecule has 9 heteroatoms. The number of hydrogen-bond acceptors (Lipinski definition) is 9. The van der Waals surface area contributed by atoms with Gasteiger partial charge in [-0.05, 0) is 19.3 Å². The Kier molecular flexibility index (Phi) is 23.2. The first-order valence-corrected chi connectivity index (χ1v) is 16.7. The molecule has 0 amide bonds. The number of aliphatic hydroxyl groups is 5. The smallest absolute Gasteiger partial charge is 0.305 e. The Labute approximate surface area is 254 Å². The molecule has 42 heavy (non-hydrogen) atoms. The van der Waals surface area contributed by atoms with E-state index in [1.165, 1.54) is 0 Å². The normalized spacial score (nSPS) is 15.9. The predicted octanol–water partition coefficient (Wildman–Crippen LogP) is 5.10. The highest BCUT2D eigenvalue weighted by Crippen LogP contribution is 2.35. The number of carbonyl (C=O) groups is 3. The minimum atomic E-state index is -3.18. The summed E-state index contributed by atoms with van der Waals surface area (Å²) in [5.74, 6) is -2.72. The standard InChI is InChI=1S/C33H62O9/c1-4-7-10-13-16-19-22-27(35)32(40,29(37)25-34)33(41,28(36)23-20-17-14-11-8-5-2)30(38)26-42-31(39)24-21-18-15-12-9-6-3/h29-30,34,37-38,40-41H,4-26H2,1-3H3/t29-,30+,32+,33+/m0/s1. The predicted molar refractivity (Wildman–Crippen MR) is 164 cm³/mol. The van der Waals surface area contributed by atoms with Gasteiger partial charge in [-0.15, -0.1) is 0 Å². The summed E-state index contributed by atoms with van der Waals surface area (Å²) in [6.07, 6.45) is 10.8. The molecule has 0 aliphatic carbocycles. The molecule has 0 spiro atoms. The average Bonchev–Trinajstić information content (AvgIpc) is 2.99.